The third-order valence-electron chi connectivity index (χ3n) is 5.59. The summed E-state index contributed by atoms with van der Waals surface area (Å²) in [6.07, 6.45) is 1.47. The maximum absolute atomic E-state index is 13.3. The summed E-state index contributed by atoms with van der Waals surface area (Å²) >= 11 is 0. The monoisotopic (exact) mass is 505 g/mol. The van der Waals surface area contributed by atoms with E-state index in [0.29, 0.717) is 17.8 Å². The number of hydrogen-bond acceptors (Lipinski definition) is 4. The summed E-state index contributed by atoms with van der Waals surface area (Å²) in [6, 6.07) is 12.2. The molecular weight excluding hydrogens is 469 g/mol. The molecule has 0 aliphatic heterocycles. The molecule has 0 radical (unpaired) electrons. The van der Waals surface area contributed by atoms with Gasteiger partial charge in [-0.1, -0.05) is 43.7 Å². The number of halogens is 1. The fraction of sp³-hybridized carbons (Fsp3) is 0.462. The molecule has 2 aromatic carbocycles. The highest BCUT2D eigenvalue weighted by Crippen LogP contribution is 2.20. The molecule has 0 aliphatic carbocycles. The number of anilines is 1. The van der Waals surface area contributed by atoms with Gasteiger partial charge in [-0.2, -0.15) is 0 Å². The second kappa shape index (κ2) is 12.7. The van der Waals surface area contributed by atoms with Crippen molar-refractivity contribution in [2.24, 2.45) is 5.92 Å². The lowest BCUT2D eigenvalue weighted by Gasteiger charge is -2.29. The molecular formula is C26H36FN3O4S. The Labute approximate surface area is 208 Å². The highest BCUT2D eigenvalue weighted by Gasteiger charge is 2.26. The molecule has 35 heavy (non-hydrogen) atoms. The smallest absolute Gasteiger partial charge is 0.242 e. The molecule has 1 atom stereocenters. The molecule has 0 saturated carbocycles. The number of nitrogens with zero attached hydrogens (tertiary/aromatic N) is 2. The number of nitrogens with one attached hydrogen (secondary N) is 1. The fourth-order valence-electron chi connectivity index (χ4n) is 3.54. The number of carbonyl (C=O) groups is 2. The second-order valence-electron chi connectivity index (χ2n) is 9.24. The van der Waals surface area contributed by atoms with Crippen LogP contribution in [0.3, 0.4) is 0 Å². The van der Waals surface area contributed by atoms with Crippen LogP contribution in [0.1, 0.15) is 44.7 Å². The number of hydrogen-bond donors (Lipinski definition) is 1. The van der Waals surface area contributed by atoms with E-state index in [0.717, 1.165) is 11.8 Å². The molecule has 192 valence electrons. The quantitative estimate of drug-likeness (QED) is 0.475. The van der Waals surface area contributed by atoms with Gasteiger partial charge in [0.1, 0.15) is 11.9 Å². The zero-order chi connectivity index (χ0) is 26.2. The van der Waals surface area contributed by atoms with Crippen molar-refractivity contribution in [1.82, 2.24) is 10.2 Å². The van der Waals surface area contributed by atoms with Crippen LogP contribution in [-0.4, -0.2) is 50.5 Å². The molecule has 2 rings (SSSR count). The number of benzene rings is 2. The molecule has 0 unspecified atom stereocenters. The first kappa shape index (κ1) is 28.3. The summed E-state index contributed by atoms with van der Waals surface area (Å²) in [6.45, 7) is 8.30. The van der Waals surface area contributed by atoms with Crippen LogP contribution in [0.2, 0.25) is 0 Å². The second-order valence-corrected chi connectivity index (χ2v) is 11.1. The van der Waals surface area contributed by atoms with Gasteiger partial charge in [0.25, 0.3) is 0 Å². The molecule has 0 saturated heterocycles. The molecule has 0 aliphatic rings. The van der Waals surface area contributed by atoms with Crippen molar-refractivity contribution < 1.29 is 22.4 Å². The largest absolute Gasteiger partial charge is 0.354 e. The van der Waals surface area contributed by atoms with Crippen molar-refractivity contribution in [1.29, 1.82) is 0 Å². The van der Waals surface area contributed by atoms with E-state index in [2.05, 4.69) is 5.32 Å². The van der Waals surface area contributed by atoms with E-state index < -0.39 is 16.1 Å². The Morgan fingerprint density at radius 3 is 2.14 bits per heavy atom. The first-order valence-corrected chi connectivity index (χ1v) is 13.6. The summed E-state index contributed by atoms with van der Waals surface area (Å²) in [5.74, 6) is -0.673. The lowest BCUT2D eigenvalue weighted by Crippen LogP contribution is -2.48. The van der Waals surface area contributed by atoms with Crippen molar-refractivity contribution >= 4 is 27.5 Å². The third-order valence-corrected chi connectivity index (χ3v) is 6.79. The van der Waals surface area contributed by atoms with Crippen LogP contribution in [0.4, 0.5) is 10.1 Å². The molecule has 2 aromatic rings. The van der Waals surface area contributed by atoms with Crippen LogP contribution in [0, 0.1) is 18.7 Å². The standard InChI is InChI=1S/C26H36FN3O4S/c1-19(2)17-28-26(32)21(4)29(18-22-10-12-23(27)13-11-22)25(31)7-6-16-30(35(5,33)34)24-14-8-20(3)9-15-24/h8-15,19,21H,6-7,16-18H2,1-5H3,(H,28,32)/t21-/m1/s1. The maximum atomic E-state index is 13.3. The lowest BCUT2D eigenvalue weighted by molar-refractivity contribution is -0.140. The van der Waals surface area contributed by atoms with Crippen molar-refractivity contribution in [3.05, 3.63) is 65.5 Å². The minimum absolute atomic E-state index is 0.0564. The Kier molecular flexibility index (Phi) is 10.2. The zero-order valence-electron chi connectivity index (χ0n) is 21.1. The van der Waals surface area contributed by atoms with Gasteiger partial charge in [0.15, 0.2) is 0 Å². The van der Waals surface area contributed by atoms with Gasteiger partial charge in [0.2, 0.25) is 21.8 Å². The first-order valence-electron chi connectivity index (χ1n) is 11.7. The topological polar surface area (TPSA) is 86.8 Å². The third kappa shape index (κ3) is 8.98. The number of carbonyl (C=O) groups excluding carboxylic acids is 2. The number of aryl methyl sites for hydroxylation is 1. The highest BCUT2D eigenvalue weighted by molar-refractivity contribution is 7.92. The van der Waals surface area contributed by atoms with Gasteiger partial charge in [-0.25, -0.2) is 12.8 Å². The number of amides is 2. The highest BCUT2D eigenvalue weighted by atomic mass is 32.2. The summed E-state index contributed by atoms with van der Waals surface area (Å²) < 4.78 is 39.4. The van der Waals surface area contributed by atoms with Gasteiger partial charge in [0, 0.05) is 26.1 Å². The summed E-state index contributed by atoms with van der Waals surface area (Å²) in [7, 11) is -3.54. The number of rotatable bonds is 12. The Bertz CT molecular complexity index is 1090. The van der Waals surface area contributed by atoms with Crippen molar-refractivity contribution in [2.45, 2.75) is 53.1 Å². The average molecular weight is 506 g/mol. The van der Waals surface area contributed by atoms with Gasteiger partial charge in [-0.05, 0) is 56.0 Å². The van der Waals surface area contributed by atoms with E-state index >= 15 is 0 Å². The molecule has 0 spiro atoms. The van der Waals surface area contributed by atoms with Gasteiger partial charge in [-0.15, -0.1) is 0 Å². The molecule has 2 amide bonds. The minimum atomic E-state index is -3.54. The van der Waals surface area contributed by atoms with E-state index in [1.807, 2.05) is 32.9 Å². The summed E-state index contributed by atoms with van der Waals surface area (Å²) in [4.78, 5) is 27.4. The van der Waals surface area contributed by atoms with E-state index in [-0.39, 0.29) is 49.5 Å². The fourth-order valence-corrected chi connectivity index (χ4v) is 4.50. The maximum Gasteiger partial charge on any atom is 0.242 e. The van der Waals surface area contributed by atoms with E-state index in [9.17, 15) is 22.4 Å². The molecule has 1 N–H and O–H groups in total. The van der Waals surface area contributed by atoms with Crippen LogP contribution in [0.15, 0.2) is 48.5 Å². The normalized spacial score (nSPS) is 12.3. The van der Waals surface area contributed by atoms with Crippen LogP contribution >= 0.6 is 0 Å². The average Bonchev–Trinajstić information content (AvgIpc) is 2.79. The van der Waals surface area contributed by atoms with Crippen molar-refractivity contribution in [2.75, 3.05) is 23.7 Å². The van der Waals surface area contributed by atoms with E-state index in [1.165, 1.54) is 21.3 Å². The predicted octanol–water partition coefficient (Wildman–Crippen LogP) is 3.87. The van der Waals surface area contributed by atoms with Crippen LogP contribution < -0.4 is 9.62 Å². The van der Waals surface area contributed by atoms with E-state index in [4.69, 9.17) is 0 Å². The molecule has 0 bridgehead atoms. The van der Waals surface area contributed by atoms with Gasteiger partial charge in [0.05, 0.1) is 11.9 Å². The number of sulfonamides is 1. The Morgan fingerprint density at radius 2 is 1.60 bits per heavy atom. The van der Waals surface area contributed by atoms with Crippen LogP contribution in [0.5, 0.6) is 0 Å². The van der Waals surface area contributed by atoms with Crippen LogP contribution in [0.25, 0.3) is 0 Å². The minimum Gasteiger partial charge on any atom is -0.354 e. The zero-order valence-corrected chi connectivity index (χ0v) is 21.9. The van der Waals surface area contributed by atoms with Gasteiger partial charge < -0.3 is 10.2 Å². The van der Waals surface area contributed by atoms with Crippen LogP contribution in [-0.2, 0) is 26.2 Å². The first-order chi connectivity index (χ1) is 16.4. The SMILES string of the molecule is Cc1ccc(N(CCCC(=O)N(Cc2ccc(F)cc2)[C@H](C)C(=O)NCC(C)C)S(C)(=O)=O)cc1. The molecule has 0 aromatic heterocycles. The summed E-state index contributed by atoms with van der Waals surface area (Å²) in [5, 5.41) is 2.85. The molecule has 7 nitrogen and oxygen atoms in total. The van der Waals surface area contributed by atoms with Gasteiger partial charge >= 0.3 is 0 Å². The molecule has 0 fully saturated rings. The lowest BCUT2D eigenvalue weighted by atomic mass is 10.1. The van der Waals surface area contributed by atoms with Gasteiger partial charge in [-0.3, -0.25) is 13.9 Å². The molecule has 9 heteroatoms. The summed E-state index contributed by atoms with van der Waals surface area (Å²) in [5.41, 5.74) is 2.24. The van der Waals surface area contributed by atoms with E-state index in [1.54, 1.807) is 31.2 Å². The predicted molar refractivity (Wildman–Crippen MR) is 137 cm³/mol. The Hall–Kier alpha value is -2.94. The Morgan fingerprint density at radius 1 is 1.00 bits per heavy atom. The van der Waals surface area contributed by atoms with Crippen molar-refractivity contribution in [3.63, 3.8) is 0 Å². The Balaban J connectivity index is 2.14. The molecule has 0 heterocycles. The van der Waals surface area contributed by atoms with Crippen molar-refractivity contribution in [3.8, 4) is 0 Å².